The summed E-state index contributed by atoms with van der Waals surface area (Å²) in [5.41, 5.74) is 3.81. The summed E-state index contributed by atoms with van der Waals surface area (Å²) in [5, 5.41) is 9.64. The van der Waals surface area contributed by atoms with Gasteiger partial charge in [-0.05, 0) is 50.5 Å². The van der Waals surface area contributed by atoms with Crippen LogP contribution in [0.1, 0.15) is 53.7 Å². The quantitative estimate of drug-likeness (QED) is 0.713. The van der Waals surface area contributed by atoms with Crippen molar-refractivity contribution < 1.29 is 9.53 Å². The number of nitriles is 1. The molecule has 2 heterocycles. The lowest BCUT2D eigenvalue weighted by molar-refractivity contribution is 0.0526. The lowest BCUT2D eigenvalue weighted by atomic mass is 10.0. The molecule has 1 aromatic carbocycles. The Hall–Kier alpha value is -3.07. The first-order valence-electron chi connectivity index (χ1n) is 8.80. The van der Waals surface area contributed by atoms with Gasteiger partial charge in [0.05, 0.1) is 28.8 Å². The highest BCUT2D eigenvalue weighted by molar-refractivity contribution is 5.95. The Labute approximate surface area is 151 Å². The number of carbonyl (C=O) groups excluding carboxylic acids is 1. The number of aromatic amines is 1. The number of rotatable bonds is 5. The van der Waals surface area contributed by atoms with Crippen molar-refractivity contribution in [3.05, 3.63) is 50.8 Å². The molecule has 0 spiro atoms. The van der Waals surface area contributed by atoms with Gasteiger partial charge in [0.2, 0.25) is 0 Å². The number of ether oxygens (including phenoxy) is 1. The lowest BCUT2D eigenvalue weighted by Gasteiger charge is -2.08. The number of unbranched alkanes of at least 4 members (excludes halogenated alkanes) is 1. The Morgan fingerprint density at radius 3 is 2.77 bits per heavy atom. The number of aromatic nitrogens is 2. The molecule has 6 nitrogen and oxygen atoms in total. The summed E-state index contributed by atoms with van der Waals surface area (Å²) < 4.78 is 6.56. The molecule has 6 heteroatoms. The molecule has 0 saturated carbocycles. The molecule has 3 aromatic rings. The number of nitrogens with zero attached hydrogens (tertiary/aromatic N) is 2. The highest BCUT2D eigenvalue weighted by Gasteiger charge is 2.19. The largest absolute Gasteiger partial charge is 0.462 e. The van der Waals surface area contributed by atoms with Gasteiger partial charge in [0.1, 0.15) is 11.7 Å². The number of nitrogens with one attached hydrogen (secondary N) is 1. The smallest absolute Gasteiger partial charge is 0.338 e. The zero-order valence-electron chi connectivity index (χ0n) is 15.2. The second kappa shape index (κ2) is 7.04. The maximum atomic E-state index is 13.1. The van der Waals surface area contributed by atoms with Gasteiger partial charge in [-0.1, -0.05) is 13.3 Å². The summed E-state index contributed by atoms with van der Waals surface area (Å²) in [7, 11) is 0. The average Bonchev–Trinajstić information content (AvgIpc) is 3.00. The first kappa shape index (κ1) is 17.7. The minimum absolute atomic E-state index is 0.141. The van der Waals surface area contributed by atoms with E-state index in [1.807, 2.05) is 6.92 Å². The first-order chi connectivity index (χ1) is 12.5. The van der Waals surface area contributed by atoms with Crippen molar-refractivity contribution in [2.24, 2.45) is 0 Å². The normalized spacial score (nSPS) is 11.0. The fourth-order valence-corrected chi connectivity index (χ4v) is 3.26. The minimum Gasteiger partial charge on any atom is -0.462 e. The van der Waals surface area contributed by atoms with Crippen molar-refractivity contribution in [1.82, 2.24) is 9.38 Å². The fraction of sp³-hybridized carbons (Fsp3) is 0.350. The van der Waals surface area contributed by atoms with Crippen molar-refractivity contribution in [3.8, 4) is 6.07 Å². The Morgan fingerprint density at radius 2 is 2.12 bits per heavy atom. The predicted octanol–water partition coefficient (Wildman–Crippen LogP) is 3.48. The SMILES string of the molecule is CCCCc1c(C)c(C#N)c2[nH]c3ccc(C(=O)OCC)cc3n2c1=O. The number of esters is 1. The van der Waals surface area contributed by atoms with Crippen molar-refractivity contribution in [2.45, 2.75) is 40.0 Å². The van der Waals surface area contributed by atoms with E-state index in [-0.39, 0.29) is 12.2 Å². The number of benzene rings is 1. The standard InChI is InChI=1S/C20H21N3O3/c1-4-6-7-14-12(3)15(11-21)18-22-16-9-8-13(20(25)26-5-2)10-17(16)23(18)19(14)24/h8-10,22H,4-7H2,1-3H3. The van der Waals surface area contributed by atoms with E-state index in [1.165, 1.54) is 4.40 Å². The van der Waals surface area contributed by atoms with Gasteiger partial charge in [-0.2, -0.15) is 5.26 Å². The molecule has 0 unspecified atom stereocenters. The van der Waals surface area contributed by atoms with Crippen LogP contribution in [0.3, 0.4) is 0 Å². The van der Waals surface area contributed by atoms with E-state index < -0.39 is 5.97 Å². The minimum atomic E-state index is -0.435. The molecule has 0 saturated heterocycles. The number of hydrogen-bond acceptors (Lipinski definition) is 4. The summed E-state index contributed by atoms with van der Waals surface area (Å²) in [4.78, 5) is 28.3. The van der Waals surface area contributed by atoms with Crippen LogP contribution in [0.2, 0.25) is 0 Å². The molecule has 26 heavy (non-hydrogen) atoms. The number of pyridine rings is 1. The summed E-state index contributed by atoms with van der Waals surface area (Å²) in [6, 6.07) is 7.24. The zero-order valence-corrected chi connectivity index (χ0v) is 15.2. The molecule has 2 aromatic heterocycles. The van der Waals surface area contributed by atoms with Gasteiger partial charge in [0.15, 0.2) is 0 Å². The molecular formula is C20H21N3O3. The highest BCUT2D eigenvalue weighted by Crippen LogP contribution is 2.23. The molecule has 3 rings (SSSR count). The highest BCUT2D eigenvalue weighted by atomic mass is 16.5. The number of imidazole rings is 1. The molecule has 0 aliphatic heterocycles. The van der Waals surface area contributed by atoms with Crippen LogP contribution in [0.15, 0.2) is 23.0 Å². The van der Waals surface area contributed by atoms with E-state index in [1.54, 1.807) is 25.1 Å². The predicted molar refractivity (Wildman–Crippen MR) is 99.5 cm³/mol. The number of hydrogen-bond donors (Lipinski definition) is 1. The second-order valence-corrected chi connectivity index (χ2v) is 6.26. The maximum Gasteiger partial charge on any atom is 0.338 e. The van der Waals surface area contributed by atoms with Gasteiger partial charge in [0.25, 0.3) is 5.56 Å². The Balaban J connectivity index is 2.36. The molecule has 0 aliphatic rings. The molecule has 0 amide bonds. The van der Waals surface area contributed by atoms with E-state index in [0.29, 0.717) is 39.8 Å². The molecule has 0 aliphatic carbocycles. The third kappa shape index (κ3) is 2.76. The summed E-state index contributed by atoms with van der Waals surface area (Å²) in [6.45, 7) is 5.91. The van der Waals surface area contributed by atoms with Crippen LogP contribution in [0.5, 0.6) is 0 Å². The molecular weight excluding hydrogens is 330 g/mol. The fourth-order valence-electron chi connectivity index (χ4n) is 3.26. The Kier molecular flexibility index (Phi) is 4.81. The molecule has 0 bridgehead atoms. The van der Waals surface area contributed by atoms with Crippen LogP contribution >= 0.6 is 0 Å². The van der Waals surface area contributed by atoms with Crippen molar-refractivity contribution >= 4 is 22.6 Å². The van der Waals surface area contributed by atoms with Crippen molar-refractivity contribution in [2.75, 3.05) is 6.61 Å². The molecule has 0 atom stereocenters. The van der Waals surface area contributed by atoms with Crippen LogP contribution in [0.4, 0.5) is 0 Å². The van der Waals surface area contributed by atoms with E-state index >= 15 is 0 Å². The van der Waals surface area contributed by atoms with E-state index in [4.69, 9.17) is 4.74 Å². The average molecular weight is 351 g/mol. The Bertz CT molecular complexity index is 1100. The van der Waals surface area contributed by atoms with E-state index in [2.05, 4.69) is 18.0 Å². The summed E-state index contributed by atoms with van der Waals surface area (Å²) in [5.74, 6) is -0.435. The third-order valence-electron chi connectivity index (χ3n) is 4.64. The number of carbonyl (C=O) groups is 1. The van der Waals surface area contributed by atoms with Crippen LogP contribution in [0, 0.1) is 18.3 Å². The van der Waals surface area contributed by atoms with Crippen molar-refractivity contribution in [1.29, 1.82) is 5.26 Å². The number of H-pyrrole nitrogens is 1. The molecule has 0 radical (unpaired) electrons. The molecule has 0 fully saturated rings. The van der Waals surface area contributed by atoms with E-state index in [9.17, 15) is 14.9 Å². The van der Waals surface area contributed by atoms with Crippen LogP contribution in [0.25, 0.3) is 16.7 Å². The van der Waals surface area contributed by atoms with Crippen LogP contribution in [-0.4, -0.2) is 22.0 Å². The van der Waals surface area contributed by atoms with Gasteiger partial charge in [0, 0.05) is 5.56 Å². The molecule has 1 N–H and O–H groups in total. The monoisotopic (exact) mass is 351 g/mol. The molecule has 134 valence electrons. The van der Waals surface area contributed by atoms with E-state index in [0.717, 1.165) is 18.4 Å². The van der Waals surface area contributed by atoms with Crippen LogP contribution < -0.4 is 5.56 Å². The number of fused-ring (bicyclic) bond motifs is 3. The summed E-state index contributed by atoms with van der Waals surface area (Å²) in [6.07, 6.45) is 2.47. The van der Waals surface area contributed by atoms with Gasteiger partial charge in [-0.25, -0.2) is 4.79 Å². The zero-order chi connectivity index (χ0) is 18.8. The second-order valence-electron chi connectivity index (χ2n) is 6.26. The topological polar surface area (TPSA) is 87.4 Å². The summed E-state index contributed by atoms with van der Waals surface area (Å²) >= 11 is 0. The van der Waals surface area contributed by atoms with Gasteiger partial charge in [-0.15, -0.1) is 0 Å². The lowest BCUT2D eigenvalue weighted by Crippen LogP contribution is -2.21. The van der Waals surface area contributed by atoms with Gasteiger partial charge in [-0.3, -0.25) is 9.20 Å². The van der Waals surface area contributed by atoms with Gasteiger partial charge < -0.3 is 9.72 Å². The third-order valence-corrected chi connectivity index (χ3v) is 4.64. The van der Waals surface area contributed by atoms with Gasteiger partial charge >= 0.3 is 5.97 Å². The first-order valence-corrected chi connectivity index (χ1v) is 8.80. The van der Waals surface area contributed by atoms with Crippen LogP contribution in [-0.2, 0) is 11.2 Å². The maximum absolute atomic E-state index is 13.1. The van der Waals surface area contributed by atoms with Crippen molar-refractivity contribution in [3.63, 3.8) is 0 Å². The Morgan fingerprint density at radius 1 is 1.35 bits per heavy atom.